The number of rotatable bonds is 5. The number of likely N-dealkylation sites (tertiary alicyclic amines) is 1. The Hall–Kier alpha value is -2.67. The van der Waals surface area contributed by atoms with Gasteiger partial charge in [-0.3, -0.25) is 9.69 Å². The highest BCUT2D eigenvalue weighted by molar-refractivity contribution is 7.05. The van der Waals surface area contributed by atoms with E-state index in [4.69, 9.17) is 9.90 Å². The quantitative estimate of drug-likeness (QED) is 0.538. The van der Waals surface area contributed by atoms with E-state index in [1.54, 1.807) is 0 Å². The lowest BCUT2D eigenvalue weighted by atomic mass is 9.60. The Morgan fingerprint density at radius 3 is 2.39 bits per heavy atom. The van der Waals surface area contributed by atoms with Crippen LogP contribution in [0.15, 0.2) is 18.2 Å². The summed E-state index contributed by atoms with van der Waals surface area (Å²) in [6, 6.07) is 3.81. The Morgan fingerprint density at radius 1 is 1.22 bits per heavy atom. The van der Waals surface area contributed by atoms with Crippen molar-refractivity contribution in [3.63, 3.8) is 0 Å². The van der Waals surface area contributed by atoms with Crippen LogP contribution >= 0.6 is 11.5 Å². The van der Waals surface area contributed by atoms with Crippen LogP contribution in [-0.2, 0) is 11.3 Å². The molecule has 1 aliphatic heterocycles. The number of hydrogen-bond acceptors (Lipinski definition) is 6. The number of carboxylic acid groups (broad SMARTS) is 1. The predicted octanol–water partition coefficient (Wildman–Crippen LogP) is 4.75. The zero-order chi connectivity index (χ0) is 26.7. The number of carbonyl (C=O) groups is 2. The summed E-state index contributed by atoms with van der Waals surface area (Å²) in [6.07, 6.45) is -1.11. The number of nitrogens with one attached hydrogen (secondary N) is 1. The van der Waals surface area contributed by atoms with Crippen LogP contribution in [-0.4, -0.2) is 56.8 Å². The summed E-state index contributed by atoms with van der Waals surface area (Å²) in [5, 5.41) is 14.2. The van der Waals surface area contributed by atoms with Crippen LogP contribution in [0.2, 0.25) is 0 Å². The lowest BCUT2D eigenvalue weighted by Crippen LogP contribution is -2.54. The normalized spacial score (nSPS) is 17.9. The molecule has 0 atom stereocenters. The molecule has 2 aromatic rings. The van der Waals surface area contributed by atoms with E-state index in [-0.39, 0.29) is 29.1 Å². The van der Waals surface area contributed by atoms with Crippen molar-refractivity contribution in [3.05, 3.63) is 46.0 Å². The van der Waals surface area contributed by atoms with Crippen molar-refractivity contribution in [2.45, 2.75) is 64.2 Å². The van der Waals surface area contributed by atoms with Crippen molar-refractivity contribution in [3.8, 4) is 0 Å². The molecule has 1 aromatic carbocycles. The number of hydrogen-bond donors (Lipinski definition) is 2. The molecule has 2 N–H and O–H groups in total. The SMILES string of the molecule is CC(C)c1snnc1C(=O)NC1CC2(CCN(Cc3cc(F)ccc3F)CC2)C1.O=C(O)C(F)(F)F. The molecule has 0 radical (unpaired) electrons. The molecular weight excluding hydrogens is 507 g/mol. The molecule has 1 saturated carbocycles. The second-order valence-corrected chi connectivity index (χ2v) is 10.3. The van der Waals surface area contributed by atoms with Crippen LogP contribution in [0.3, 0.4) is 0 Å². The fourth-order valence-electron chi connectivity index (χ4n) is 4.57. The number of aromatic nitrogens is 2. The number of benzene rings is 1. The van der Waals surface area contributed by atoms with Gasteiger partial charge in [0.15, 0.2) is 5.69 Å². The van der Waals surface area contributed by atoms with Gasteiger partial charge in [-0.15, -0.1) is 5.10 Å². The first-order chi connectivity index (χ1) is 16.8. The summed E-state index contributed by atoms with van der Waals surface area (Å²) in [6.45, 7) is 6.24. The molecule has 2 heterocycles. The first kappa shape index (κ1) is 27.9. The highest BCUT2D eigenvalue weighted by atomic mass is 32.1. The Balaban J connectivity index is 0.000000454. The van der Waals surface area contributed by atoms with E-state index >= 15 is 0 Å². The molecule has 1 saturated heterocycles. The summed E-state index contributed by atoms with van der Waals surface area (Å²) in [7, 11) is 0. The third-order valence-corrected chi connectivity index (χ3v) is 7.53. The molecule has 2 aliphatic rings. The van der Waals surface area contributed by atoms with Gasteiger partial charge < -0.3 is 10.4 Å². The fourth-order valence-corrected chi connectivity index (χ4v) is 5.22. The lowest BCUT2D eigenvalue weighted by Gasteiger charge is -2.52. The number of amides is 1. The van der Waals surface area contributed by atoms with Crippen molar-refractivity contribution in [2.75, 3.05) is 13.1 Å². The molecule has 1 aliphatic carbocycles. The Labute approximate surface area is 208 Å². The van der Waals surface area contributed by atoms with E-state index in [1.165, 1.54) is 23.7 Å². The van der Waals surface area contributed by atoms with Gasteiger partial charge in [-0.1, -0.05) is 18.3 Å². The minimum atomic E-state index is -5.08. The monoisotopic (exact) mass is 534 g/mol. The van der Waals surface area contributed by atoms with Gasteiger partial charge in [-0.25, -0.2) is 13.6 Å². The maximum atomic E-state index is 13.9. The van der Waals surface area contributed by atoms with Gasteiger partial charge in [0.05, 0.1) is 4.88 Å². The molecule has 1 aromatic heterocycles. The number of piperidine rings is 1. The average Bonchev–Trinajstić information content (AvgIpc) is 3.27. The van der Waals surface area contributed by atoms with Crippen LogP contribution in [0.4, 0.5) is 22.0 Å². The Kier molecular flexibility index (Phi) is 8.65. The standard InChI is InChI=1S/C21H26F2N4OS.C2HF3O2/c1-13(2)19-18(25-26-29-19)20(28)24-16-10-21(11-16)5-7-27(8-6-21)12-14-9-15(22)3-4-17(14)23;3-2(4,5)1(6)7/h3-4,9,13,16H,5-8,10-12H2,1-2H3,(H,24,28);(H,6,7). The molecule has 1 amide bonds. The molecule has 1 spiro atoms. The number of carboxylic acids is 1. The first-order valence-electron chi connectivity index (χ1n) is 11.4. The number of alkyl halides is 3. The third kappa shape index (κ3) is 6.96. The topological polar surface area (TPSA) is 95.4 Å². The number of aliphatic carboxylic acids is 1. The summed E-state index contributed by atoms with van der Waals surface area (Å²) in [5.41, 5.74) is 1.13. The zero-order valence-electron chi connectivity index (χ0n) is 19.7. The second-order valence-electron chi connectivity index (χ2n) is 9.53. The van der Waals surface area contributed by atoms with E-state index in [1.807, 2.05) is 13.8 Å². The van der Waals surface area contributed by atoms with Crippen LogP contribution in [0.25, 0.3) is 0 Å². The van der Waals surface area contributed by atoms with Crippen molar-refractivity contribution in [1.29, 1.82) is 0 Å². The van der Waals surface area contributed by atoms with E-state index in [0.717, 1.165) is 49.7 Å². The Morgan fingerprint density at radius 2 is 1.83 bits per heavy atom. The van der Waals surface area contributed by atoms with Crippen molar-refractivity contribution in [1.82, 2.24) is 19.8 Å². The summed E-state index contributed by atoms with van der Waals surface area (Å²) in [4.78, 5) is 24.5. The second kappa shape index (κ2) is 11.2. The van der Waals surface area contributed by atoms with Gasteiger partial charge in [0.1, 0.15) is 11.6 Å². The lowest BCUT2D eigenvalue weighted by molar-refractivity contribution is -0.192. The fraction of sp³-hybridized carbons (Fsp3) is 0.565. The first-order valence-corrected chi connectivity index (χ1v) is 12.2. The molecule has 0 bridgehead atoms. The van der Waals surface area contributed by atoms with Crippen molar-refractivity contribution < 1.29 is 36.6 Å². The Bertz CT molecular complexity index is 1080. The van der Waals surface area contributed by atoms with E-state index in [9.17, 15) is 26.7 Å². The van der Waals surface area contributed by atoms with Crippen LogP contribution in [0.1, 0.15) is 66.4 Å². The molecule has 0 unspecified atom stereocenters. The largest absolute Gasteiger partial charge is 0.490 e. The molecular formula is C23H27F5N4O3S. The molecule has 36 heavy (non-hydrogen) atoms. The molecule has 2 fully saturated rings. The average molecular weight is 535 g/mol. The number of nitrogens with zero attached hydrogens (tertiary/aromatic N) is 3. The van der Waals surface area contributed by atoms with Crippen LogP contribution in [0.5, 0.6) is 0 Å². The minimum Gasteiger partial charge on any atom is -0.475 e. The summed E-state index contributed by atoms with van der Waals surface area (Å²) >= 11 is 1.29. The van der Waals surface area contributed by atoms with Crippen LogP contribution in [0, 0.1) is 17.0 Å². The maximum Gasteiger partial charge on any atom is 0.490 e. The summed E-state index contributed by atoms with van der Waals surface area (Å²) < 4.78 is 62.9. The van der Waals surface area contributed by atoms with Gasteiger partial charge in [0.2, 0.25) is 0 Å². The number of carbonyl (C=O) groups excluding carboxylic acids is 1. The van der Waals surface area contributed by atoms with E-state index < -0.39 is 18.0 Å². The van der Waals surface area contributed by atoms with E-state index in [0.29, 0.717) is 17.8 Å². The van der Waals surface area contributed by atoms with Crippen molar-refractivity contribution >= 4 is 23.4 Å². The molecule has 7 nitrogen and oxygen atoms in total. The predicted molar refractivity (Wildman–Crippen MR) is 121 cm³/mol. The van der Waals surface area contributed by atoms with Gasteiger partial charge in [0, 0.05) is 18.2 Å². The molecule has 13 heteroatoms. The molecule has 198 valence electrons. The third-order valence-electron chi connectivity index (χ3n) is 6.51. The molecule has 4 rings (SSSR count). The van der Waals surface area contributed by atoms with Crippen molar-refractivity contribution in [2.24, 2.45) is 5.41 Å². The zero-order valence-corrected chi connectivity index (χ0v) is 20.6. The minimum absolute atomic E-state index is 0.124. The smallest absolute Gasteiger partial charge is 0.475 e. The van der Waals surface area contributed by atoms with Crippen LogP contribution < -0.4 is 5.32 Å². The van der Waals surface area contributed by atoms with Gasteiger partial charge in [-0.05, 0) is 79.8 Å². The highest BCUT2D eigenvalue weighted by Gasteiger charge is 2.46. The van der Waals surface area contributed by atoms with Gasteiger partial charge in [0.25, 0.3) is 5.91 Å². The highest BCUT2D eigenvalue weighted by Crippen LogP contribution is 2.49. The summed E-state index contributed by atoms with van der Waals surface area (Å²) in [5.74, 6) is -3.40. The number of halogens is 5. The van der Waals surface area contributed by atoms with Gasteiger partial charge in [-0.2, -0.15) is 13.2 Å². The van der Waals surface area contributed by atoms with E-state index in [2.05, 4.69) is 19.8 Å². The van der Waals surface area contributed by atoms with Gasteiger partial charge >= 0.3 is 12.1 Å². The maximum absolute atomic E-state index is 13.9.